The number of rotatable bonds is 2. The lowest BCUT2D eigenvalue weighted by Crippen LogP contribution is -2.43. The van der Waals surface area contributed by atoms with Gasteiger partial charge >= 0.3 is 0 Å². The van der Waals surface area contributed by atoms with Crippen molar-refractivity contribution < 1.29 is 4.79 Å². The van der Waals surface area contributed by atoms with E-state index in [1.54, 1.807) is 6.20 Å². The number of carbonyl (C=O) groups excluding carboxylic acids is 1. The Kier molecular flexibility index (Phi) is 2.53. The summed E-state index contributed by atoms with van der Waals surface area (Å²) >= 11 is 0. The molecule has 2 heterocycles. The van der Waals surface area contributed by atoms with Crippen LogP contribution < -0.4 is 10.6 Å². The molecular formula is C10H14N4O. The maximum Gasteiger partial charge on any atom is 0.247 e. The Hall–Kier alpha value is -1.65. The molecule has 2 atom stereocenters. The summed E-state index contributed by atoms with van der Waals surface area (Å²) in [4.78, 5) is 19.7. The number of nitrogens with zero attached hydrogens (tertiary/aromatic N) is 2. The van der Waals surface area contributed by atoms with Crippen LogP contribution in [-0.4, -0.2) is 21.9 Å². The first kappa shape index (κ1) is 9.89. The van der Waals surface area contributed by atoms with E-state index >= 15 is 0 Å². The SMILES string of the molecule is CC[C@H](C)[C@@H]1Nc2ncncc2NC1=O. The Morgan fingerprint density at radius 2 is 2.40 bits per heavy atom. The summed E-state index contributed by atoms with van der Waals surface area (Å²) in [6, 6.07) is -0.197. The highest BCUT2D eigenvalue weighted by molar-refractivity contribution is 6.02. The fourth-order valence-electron chi connectivity index (χ4n) is 1.60. The number of anilines is 2. The second kappa shape index (κ2) is 3.84. The van der Waals surface area contributed by atoms with E-state index in [1.807, 2.05) is 6.92 Å². The molecule has 1 aliphatic heterocycles. The molecule has 1 aromatic heterocycles. The van der Waals surface area contributed by atoms with Gasteiger partial charge in [0.2, 0.25) is 5.91 Å². The van der Waals surface area contributed by atoms with Crippen LogP contribution in [0.25, 0.3) is 0 Å². The molecular weight excluding hydrogens is 192 g/mol. The number of hydrogen-bond donors (Lipinski definition) is 2. The third kappa shape index (κ3) is 1.77. The van der Waals surface area contributed by atoms with Crippen LogP contribution in [0, 0.1) is 5.92 Å². The minimum absolute atomic E-state index is 0.00773. The maximum absolute atomic E-state index is 11.7. The zero-order chi connectivity index (χ0) is 10.8. The second-order valence-electron chi connectivity index (χ2n) is 3.78. The lowest BCUT2D eigenvalue weighted by atomic mass is 9.97. The van der Waals surface area contributed by atoms with Crippen LogP contribution in [0.3, 0.4) is 0 Å². The van der Waals surface area contributed by atoms with E-state index in [1.165, 1.54) is 6.33 Å². The molecule has 0 aliphatic carbocycles. The summed E-state index contributed by atoms with van der Waals surface area (Å²) in [7, 11) is 0. The summed E-state index contributed by atoms with van der Waals surface area (Å²) in [6.45, 7) is 4.11. The molecule has 0 radical (unpaired) electrons. The van der Waals surface area contributed by atoms with Crippen LogP contribution in [0.4, 0.5) is 11.5 Å². The smallest absolute Gasteiger partial charge is 0.247 e. The van der Waals surface area contributed by atoms with Gasteiger partial charge in [-0.05, 0) is 5.92 Å². The van der Waals surface area contributed by atoms with Gasteiger partial charge in [0.1, 0.15) is 18.1 Å². The molecule has 0 unspecified atom stereocenters. The molecule has 0 saturated heterocycles. The zero-order valence-corrected chi connectivity index (χ0v) is 8.82. The van der Waals surface area contributed by atoms with Crippen molar-refractivity contribution in [2.75, 3.05) is 10.6 Å². The molecule has 5 nitrogen and oxygen atoms in total. The zero-order valence-electron chi connectivity index (χ0n) is 8.82. The predicted molar refractivity (Wildman–Crippen MR) is 57.5 cm³/mol. The minimum Gasteiger partial charge on any atom is -0.356 e. The summed E-state index contributed by atoms with van der Waals surface area (Å²) in [5.41, 5.74) is 0.655. The fraction of sp³-hybridized carbons (Fsp3) is 0.500. The third-order valence-corrected chi connectivity index (χ3v) is 2.76. The molecule has 5 heteroatoms. The second-order valence-corrected chi connectivity index (χ2v) is 3.78. The van der Waals surface area contributed by atoms with Gasteiger partial charge in [-0.1, -0.05) is 20.3 Å². The first-order valence-corrected chi connectivity index (χ1v) is 5.09. The summed E-state index contributed by atoms with van der Waals surface area (Å²) < 4.78 is 0. The Bertz CT molecular complexity index is 379. The molecule has 2 rings (SSSR count). The number of aromatic nitrogens is 2. The molecule has 0 bridgehead atoms. The van der Waals surface area contributed by atoms with Crippen LogP contribution >= 0.6 is 0 Å². The number of hydrogen-bond acceptors (Lipinski definition) is 4. The van der Waals surface area contributed by atoms with Gasteiger partial charge in [0.05, 0.1) is 6.20 Å². The Balaban J connectivity index is 2.26. The molecule has 80 valence electrons. The molecule has 15 heavy (non-hydrogen) atoms. The number of nitrogens with one attached hydrogen (secondary N) is 2. The normalized spacial score (nSPS) is 21.2. The number of amides is 1. The standard InChI is InChI=1S/C10H14N4O/c1-3-6(2)8-10(15)13-7-4-11-5-12-9(7)14-8/h4-6,8H,3H2,1-2H3,(H,13,15)(H,11,12,14)/t6-,8-/m0/s1. The van der Waals surface area contributed by atoms with Crippen molar-refractivity contribution in [3.05, 3.63) is 12.5 Å². The lowest BCUT2D eigenvalue weighted by Gasteiger charge is -2.28. The first-order chi connectivity index (χ1) is 7.22. The Morgan fingerprint density at radius 1 is 1.60 bits per heavy atom. The molecule has 2 N–H and O–H groups in total. The van der Waals surface area contributed by atoms with E-state index in [0.29, 0.717) is 11.5 Å². The summed E-state index contributed by atoms with van der Waals surface area (Å²) in [5, 5.41) is 5.93. The van der Waals surface area contributed by atoms with E-state index in [9.17, 15) is 4.79 Å². The first-order valence-electron chi connectivity index (χ1n) is 5.09. The van der Waals surface area contributed by atoms with Gasteiger partial charge in [0, 0.05) is 0 Å². The van der Waals surface area contributed by atoms with Crippen molar-refractivity contribution in [2.45, 2.75) is 26.3 Å². The Morgan fingerprint density at radius 3 is 3.13 bits per heavy atom. The van der Waals surface area contributed by atoms with Crippen molar-refractivity contribution in [3.8, 4) is 0 Å². The maximum atomic E-state index is 11.7. The van der Waals surface area contributed by atoms with Gasteiger partial charge in [-0.3, -0.25) is 4.79 Å². The average Bonchev–Trinajstić information content (AvgIpc) is 2.27. The molecule has 0 fully saturated rings. The largest absolute Gasteiger partial charge is 0.356 e. The van der Waals surface area contributed by atoms with Gasteiger partial charge in [-0.2, -0.15) is 0 Å². The van der Waals surface area contributed by atoms with Crippen molar-refractivity contribution >= 4 is 17.4 Å². The molecule has 1 amide bonds. The monoisotopic (exact) mass is 206 g/mol. The van der Waals surface area contributed by atoms with Crippen LogP contribution in [0.2, 0.25) is 0 Å². The van der Waals surface area contributed by atoms with Gasteiger partial charge in [0.25, 0.3) is 0 Å². The molecule has 0 saturated carbocycles. The highest BCUT2D eigenvalue weighted by Gasteiger charge is 2.29. The average molecular weight is 206 g/mol. The molecule has 1 aromatic rings. The molecule has 0 spiro atoms. The van der Waals surface area contributed by atoms with Gasteiger partial charge < -0.3 is 10.6 Å². The van der Waals surface area contributed by atoms with Crippen molar-refractivity contribution in [3.63, 3.8) is 0 Å². The van der Waals surface area contributed by atoms with Crippen LogP contribution in [0.15, 0.2) is 12.5 Å². The Labute approximate surface area is 88.3 Å². The minimum atomic E-state index is -0.197. The number of carbonyl (C=O) groups is 1. The topological polar surface area (TPSA) is 66.9 Å². The fourth-order valence-corrected chi connectivity index (χ4v) is 1.60. The van der Waals surface area contributed by atoms with Crippen LogP contribution in [0.5, 0.6) is 0 Å². The van der Waals surface area contributed by atoms with Crippen LogP contribution in [-0.2, 0) is 4.79 Å². The molecule has 0 aromatic carbocycles. The van der Waals surface area contributed by atoms with E-state index in [-0.39, 0.29) is 17.9 Å². The van der Waals surface area contributed by atoms with E-state index < -0.39 is 0 Å². The van der Waals surface area contributed by atoms with Gasteiger partial charge in [-0.15, -0.1) is 0 Å². The van der Waals surface area contributed by atoms with E-state index in [2.05, 4.69) is 27.5 Å². The van der Waals surface area contributed by atoms with Crippen molar-refractivity contribution in [1.82, 2.24) is 9.97 Å². The third-order valence-electron chi connectivity index (χ3n) is 2.76. The number of fused-ring (bicyclic) bond motifs is 1. The predicted octanol–water partition coefficient (Wildman–Crippen LogP) is 1.26. The van der Waals surface area contributed by atoms with Crippen molar-refractivity contribution in [2.24, 2.45) is 5.92 Å². The van der Waals surface area contributed by atoms with Crippen molar-refractivity contribution in [1.29, 1.82) is 0 Å². The van der Waals surface area contributed by atoms with Crippen LogP contribution in [0.1, 0.15) is 20.3 Å². The van der Waals surface area contributed by atoms with E-state index in [0.717, 1.165) is 6.42 Å². The highest BCUT2D eigenvalue weighted by atomic mass is 16.2. The van der Waals surface area contributed by atoms with E-state index in [4.69, 9.17) is 0 Å². The quantitative estimate of drug-likeness (QED) is 0.764. The van der Waals surface area contributed by atoms with Gasteiger partial charge in [0.15, 0.2) is 5.82 Å². The summed E-state index contributed by atoms with van der Waals surface area (Å²) in [5.74, 6) is 0.981. The highest BCUT2D eigenvalue weighted by Crippen LogP contribution is 2.25. The molecule has 1 aliphatic rings. The summed E-state index contributed by atoms with van der Waals surface area (Å²) in [6.07, 6.45) is 4.02. The lowest BCUT2D eigenvalue weighted by molar-refractivity contribution is -0.118. The van der Waals surface area contributed by atoms with Gasteiger partial charge in [-0.25, -0.2) is 9.97 Å².